The summed E-state index contributed by atoms with van der Waals surface area (Å²) in [7, 11) is 0. The maximum atomic E-state index is 14.8. The van der Waals surface area contributed by atoms with Gasteiger partial charge < -0.3 is 9.22 Å². The number of nitrogens with zero attached hydrogens (tertiary/aromatic N) is 2. The molecule has 2 bridgehead atoms. The van der Waals surface area contributed by atoms with E-state index >= 15 is 0 Å². The molecule has 0 radical (unpaired) electrons. The van der Waals surface area contributed by atoms with Crippen LogP contribution in [0.15, 0.2) is 60.7 Å². The Labute approximate surface area is 207 Å². The van der Waals surface area contributed by atoms with Gasteiger partial charge in [0.1, 0.15) is 6.54 Å². The minimum absolute atomic E-state index is 0.0932. The van der Waals surface area contributed by atoms with Crippen molar-refractivity contribution in [1.29, 1.82) is 0 Å². The van der Waals surface area contributed by atoms with Crippen LogP contribution in [0.1, 0.15) is 56.9 Å². The minimum atomic E-state index is -0.590. The van der Waals surface area contributed by atoms with Crippen LogP contribution in [0.5, 0.6) is 0 Å². The molecular formula is C29H36FN2O3+. The summed E-state index contributed by atoms with van der Waals surface area (Å²) >= 11 is 0. The summed E-state index contributed by atoms with van der Waals surface area (Å²) in [6.45, 7) is 2.35. The summed E-state index contributed by atoms with van der Waals surface area (Å²) in [5.41, 5.74) is 0.722. The van der Waals surface area contributed by atoms with Gasteiger partial charge in [0.05, 0.1) is 24.2 Å². The van der Waals surface area contributed by atoms with Gasteiger partial charge in [-0.25, -0.2) is 0 Å². The number of quaternary nitrogens is 1. The van der Waals surface area contributed by atoms with Crippen LogP contribution in [0.3, 0.4) is 0 Å². The van der Waals surface area contributed by atoms with Gasteiger partial charge in [-0.1, -0.05) is 78.7 Å². The smallest absolute Gasteiger partial charge is 0.317 e. The lowest BCUT2D eigenvalue weighted by molar-refractivity contribution is -0.939. The molecule has 1 aliphatic carbocycles. The number of anilines is 1. The van der Waals surface area contributed by atoms with Crippen LogP contribution >= 0.6 is 0 Å². The van der Waals surface area contributed by atoms with E-state index in [4.69, 9.17) is 4.74 Å². The van der Waals surface area contributed by atoms with Crippen molar-refractivity contribution >= 4 is 17.6 Å². The molecule has 2 aromatic carbocycles. The molecule has 1 amide bonds. The van der Waals surface area contributed by atoms with E-state index in [2.05, 4.69) is 12.1 Å². The van der Waals surface area contributed by atoms with Gasteiger partial charge in [0.15, 0.2) is 12.6 Å². The van der Waals surface area contributed by atoms with E-state index in [1.165, 1.54) is 0 Å². The van der Waals surface area contributed by atoms with E-state index in [0.717, 1.165) is 70.0 Å². The zero-order valence-electron chi connectivity index (χ0n) is 20.4. The van der Waals surface area contributed by atoms with E-state index < -0.39 is 11.3 Å². The molecule has 0 spiro atoms. The normalized spacial score (nSPS) is 27.6. The van der Waals surface area contributed by atoms with Crippen molar-refractivity contribution in [3.63, 3.8) is 0 Å². The standard InChI is InChI=1S/C29H36FN2O3/c30-31(25-13-7-4-8-14-25)27(33)22-32-19-15-23(16-20-32)26(21-32)35-28(34)29(17-9-1-2-10-18-29)24-11-5-3-6-12-24/h3-8,11-14,23,26H,1-2,9-10,15-22H2/q+1. The van der Waals surface area contributed by atoms with E-state index in [-0.39, 0.29) is 29.4 Å². The number of esters is 1. The Morgan fingerprint density at radius 1 is 0.914 bits per heavy atom. The Balaban J connectivity index is 1.31. The lowest BCUT2D eigenvalue weighted by Crippen LogP contribution is -2.66. The predicted molar refractivity (Wildman–Crippen MR) is 133 cm³/mol. The van der Waals surface area contributed by atoms with Gasteiger partial charge in [0, 0.05) is 18.8 Å². The van der Waals surface area contributed by atoms with Crippen molar-refractivity contribution in [1.82, 2.24) is 0 Å². The fourth-order valence-electron chi connectivity index (χ4n) is 6.58. The van der Waals surface area contributed by atoms with Crippen molar-refractivity contribution < 1.29 is 23.3 Å². The monoisotopic (exact) mass is 479 g/mol. The number of benzene rings is 2. The van der Waals surface area contributed by atoms with Gasteiger partial charge >= 0.3 is 11.9 Å². The van der Waals surface area contributed by atoms with Gasteiger partial charge in [-0.2, -0.15) is 0 Å². The first-order valence-electron chi connectivity index (χ1n) is 13.2. The fraction of sp³-hybridized carbons (Fsp3) is 0.517. The third-order valence-electron chi connectivity index (χ3n) is 8.65. The number of rotatable bonds is 6. The van der Waals surface area contributed by atoms with E-state index in [1.54, 1.807) is 30.3 Å². The molecule has 3 aliphatic heterocycles. The Morgan fingerprint density at radius 2 is 1.51 bits per heavy atom. The molecular weight excluding hydrogens is 443 g/mol. The largest absolute Gasteiger partial charge is 0.455 e. The zero-order valence-corrected chi connectivity index (χ0v) is 20.4. The van der Waals surface area contributed by atoms with Crippen molar-refractivity contribution in [2.24, 2.45) is 5.92 Å². The highest BCUT2D eigenvalue weighted by molar-refractivity contribution is 5.92. The fourth-order valence-corrected chi connectivity index (χ4v) is 6.58. The Kier molecular flexibility index (Phi) is 6.92. The maximum Gasteiger partial charge on any atom is 0.317 e. The molecule has 5 nitrogen and oxygen atoms in total. The second-order valence-corrected chi connectivity index (χ2v) is 10.8. The topological polar surface area (TPSA) is 46.6 Å². The first-order valence-corrected chi connectivity index (χ1v) is 13.2. The van der Waals surface area contributed by atoms with Crippen LogP contribution in [0.4, 0.5) is 10.2 Å². The van der Waals surface area contributed by atoms with E-state index in [9.17, 15) is 14.1 Å². The highest BCUT2D eigenvalue weighted by atomic mass is 19.2. The highest BCUT2D eigenvalue weighted by Gasteiger charge is 2.51. The SMILES string of the molecule is O=C(C[N+]12CCC(CC1)C(OC(=O)C1(c3ccccc3)CCCCCC1)C2)N(F)c1ccccc1. The van der Waals surface area contributed by atoms with E-state index in [1.807, 2.05) is 18.2 Å². The number of ether oxygens (including phenoxy) is 1. The number of halogens is 1. The molecule has 1 atom stereocenters. The molecule has 2 aromatic rings. The Hall–Kier alpha value is -2.73. The quantitative estimate of drug-likeness (QED) is 0.243. The molecule has 186 valence electrons. The van der Waals surface area contributed by atoms with Crippen LogP contribution in [0.2, 0.25) is 0 Å². The van der Waals surface area contributed by atoms with Crippen LogP contribution in [-0.4, -0.2) is 48.6 Å². The number of para-hydroxylation sites is 1. The van der Waals surface area contributed by atoms with E-state index in [0.29, 0.717) is 16.9 Å². The zero-order chi connectivity index (χ0) is 24.3. The third kappa shape index (κ3) is 4.86. The van der Waals surface area contributed by atoms with Gasteiger partial charge in [0.25, 0.3) is 0 Å². The van der Waals surface area contributed by atoms with Gasteiger partial charge in [0.2, 0.25) is 0 Å². The maximum absolute atomic E-state index is 14.8. The lowest BCUT2D eigenvalue weighted by atomic mass is 9.74. The molecule has 0 N–H and O–H groups in total. The number of hydrogen-bond acceptors (Lipinski definition) is 3. The van der Waals surface area contributed by atoms with Gasteiger partial charge in [-0.05, 0) is 30.5 Å². The van der Waals surface area contributed by atoms with Crippen molar-refractivity contribution in [3.8, 4) is 0 Å². The average molecular weight is 480 g/mol. The Bertz CT molecular complexity index is 1010. The molecule has 35 heavy (non-hydrogen) atoms. The average Bonchev–Trinajstić information content (AvgIpc) is 3.17. The third-order valence-corrected chi connectivity index (χ3v) is 8.65. The van der Waals surface area contributed by atoms with Crippen LogP contribution in [0.25, 0.3) is 0 Å². The van der Waals surface area contributed by atoms with Crippen LogP contribution in [0, 0.1) is 5.92 Å². The summed E-state index contributed by atoms with van der Waals surface area (Å²) in [5, 5.41) is 0.268. The summed E-state index contributed by atoms with van der Waals surface area (Å²) in [4.78, 5) is 26.7. The van der Waals surface area contributed by atoms with Crippen LogP contribution < -0.4 is 5.12 Å². The molecule has 4 aliphatic rings. The predicted octanol–water partition coefficient (Wildman–Crippen LogP) is 5.35. The molecule has 6 rings (SSSR count). The van der Waals surface area contributed by atoms with Crippen molar-refractivity contribution in [3.05, 3.63) is 66.2 Å². The summed E-state index contributed by atoms with van der Waals surface area (Å²) in [5.74, 6) is -0.320. The molecule has 6 heteroatoms. The lowest BCUT2D eigenvalue weighted by Gasteiger charge is -2.52. The summed E-state index contributed by atoms with van der Waals surface area (Å²) < 4.78 is 21.7. The number of hydrogen-bond donors (Lipinski definition) is 0. The molecule has 4 fully saturated rings. The molecule has 1 saturated carbocycles. The molecule has 1 unspecified atom stereocenters. The van der Waals surface area contributed by atoms with Crippen molar-refractivity contribution in [2.45, 2.75) is 62.9 Å². The Morgan fingerprint density at radius 3 is 2.14 bits per heavy atom. The molecule has 3 saturated heterocycles. The van der Waals surface area contributed by atoms with Crippen molar-refractivity contribution in [2.75, 3.05) is 31.3 Å². The second-order valence-electron chi connectivity index (χ2n) is 10.8. The number of fused-ring (bicyclic) bond motifs is 3. The number of carbonyl (C=O) groups is 2. The molecule has 3 heterocycles. The number of amides is 1. The number of piperidine rings is 3. The first kappa shape index (κ1) is 24.0. The summed E-state index contributed by atoms with van der Waals surface area (Å²) in [6, 6.07) is 18.6. The summed E-state index contributed by atoms with van der Waals surface area (Å²) in [6.07, 6.45) is 7.58. The minimum Gasteiger partial charge on any atom is -0.455 e. The van der Waals surface area contributed by atoms with Gasteiger partial charge in [-0.3, -0.25) is 9.59 Å². The highest BCUT2D eigenvalue weighted by Crippen LogP contribution is 2.42. The second kappa shape index (κ2) is 10.1. The first-order chi connectivity index (χ1) is 17.0. The van der Waals surface area contributed by atoms with Crippen LogP contribution in [-0.2, 0) is 19.7 Å². The number of carbonyl (C=O) groups excluding carboxylic acids is 2. The van der Waals surface area contributed by atoms with Gasteiger partial charge in [-0.15, -0.1) is 5.12 Å². The molecule has 0 aromatic heterocycles.